The van der Waals surface area contributed by atoms with Gasteiger partial charge in [0.15, 0.2) is 38.7 Å². The molecule has 0 bridgehead atoms. The molecule has 3 saturated heterocycles. The third-order valence-corrected chi connectivity index (χ3v) is 15.9. The SMILES string of the molecule is COc1cc([C@@H]2c3cc4c(cc3[C@@H](OC3OC5COC(C)OC5C(O)C3O[Si](C)(C)C(C)(C)C)[C@H]3COC(O)[C@H]23)OCO4)cc(OC)c1C. The van der Waals surface area contributed by atoms with Gasteiger partial charge in [0.05, 0.1) is 33.5 Å². The van der Waals surface area contributed by atoms with Gasteiger partial charge in [-0.3, -0.25) is 0 Å². The first-order valence-corrected chi connectivity index (χ1v) is 20.0. The lowest BCUT2D eigenvalue weighted by atomic mass is 9.65. The fraction of sp³-hybridized carbons (Fsp3) is 0.667. The highest BCUT2D eigenvalue weighted by Crippen LogP contribution is 2.57. The van der Waals surface area contributed by atoms with Crippen molar-refractivity contribution in [1.82, 2.24) is 0 Å². The molecule has 0 spiro atoms. The predicted molar refractivity (Wildman–Crippen MR) is 178 cm³/mol. The van der Waals surface area contributed by atoms with Crippen molar-refractivity contribution in [2.75, 3.05) is 34.2 Å². The van der Waals surface area contributed by atoms with Crippen LogP contribution in [-0.4, -0.2) is 96.0 Å². The number of benzene rings is 2. The van der Waals surface area contributed by atoms with Crippen LogP contribution in [0.1, 0.15) is 62.0 Å². The Bertz CT molecular complexity index is 1520. The average molecular weight is 703 g/mol. The Morgan fingerprint density at radius 1 is 0.878 bits per heavy atom. The molecular formula is C36H50O12Si. The van der Waals surface area contributed by atoms with Crippen LogP contribution >= 0.6 is 0 Å². The second kappa shape index (κ2) is 12.9. The summed E-state index contributed by atoms with van der Waals surface area (Å²) < 4.78 is 61.7. The second-order valence-corrected chi connectivity index (χ2v) is 20.0. The Balaban J connectivity index is 1.33. The highest BCUT2D eigenvalue weighted by molar-refractivity contribution is 6.74. The van der Waals surface area contributed by atoms with E-state index < -0.39 is 63.6 Å². The molecule has 13 heteroatoms. The van der Waals surface area contributed by atoms with Crippen molar-refractivity contribution in [3.63, 3.8) is 0 Å². The van der Waals surface area contributed by atoms with E-state index in [1.165, 1.54) is 0 Å². The van der Waals surface area contributed by atoms with Gasteiger partial charge < -0.3 is 57.3 Å². The largest absolute Gasteiger partial charge is 0.496 e. The zero-order valence-corrected chi connectivity index (χ0v) is 30.8. The minimum absolute atomic E-state index is 0.0982. The monoisotopic (exact) mass is 702 g/mol. The molecule has 2 aromatic rings. The number of fused-ring (bicyclic) bond motifs is 4. The van der Waals surface area contributed by atoms with Crippen LogP contribution in [0, 0.1) is 18.8 Å². The molecule has 0 aromatic heterocycles. The van der Waals surface area contributed by atoms with E-state index in [1.807, 2.05) is 31.2 Å². The molecule has 2 N–H and O–H groups in total. The van der Waals surface area contributed by atoms with Crippen molar-refractivity contribution < 1.29 is 57.3 Å². The number of aliphatic hydroxyl groups is 2. The number of rotatable bonds is 7. The summed E-state index contributed by atoms with van der Waals surface area (Å²) in [5.74, 6) is 1.50. The summed E-state index contributed by atoms with van der Waals surface area (Å²) in [5, 5.41) is 23.3. The van der Waals surface area contributed by atoms with Crippen LogP contribution in [0.4, 0.5) is 0 Å². The quantitative estimate of drug-likeness (QED) is 0.386. The van der Waals surface area contributed by atoms with Crippen LogP contribution in [0.5, 0.6) is 23.0 Å². The lowest BCUT2D eigenvalue weighted by Gasteiger charge is -2.51. The van der Waals surface area contributed by atoms with Crippen molar-refractivity contribution in [2.24, 2.45) is 11.8 Å². The molecule has 270 valence electrons. The smallest absolute Gasteiger partial charge is 0.231 e. The van der Waals surface area contributed by atoms with Crippen LogP contribution in [0.2, 0.25) is 18.1 Å². The van der Waals surface area contributed by atoms with Crippen molar-refractivity contribution in [3.8, 4) is 23.0 Å². The van der Waals surface area contributed by atoms with Gasteiger partial charge in [0.2, 0.25) is 6.79 Å². The van der Waals surface area contributed by atoms with Crippen molar-refractivity contribution in [3.05, 3.63) is 46.5 Å². The maximum absolute atomic E-state index is 11.9. The van der Waals surface area contributed by atoms with Gasteiger partial charge in [-0.1, -0.05) is 20.8 Å². The van der Waals surface area contributed by atoms with Crippen LogP contribution < -0.4 is 18.9 Å². The van der Waals surface area contributed by atoms with E-state index in [-0.39, 0.29) is 36.9 Å². The molecule has 0 amide bonds. The van der Waals surface area contributed by atoms with Crippen LogP contribution in [-0.2, 0) is 28.1 Å². The minimum Gasteiger partial charge on any atom is -0.496 e. The minimum atomic E-state index is -2.45. The summed E-state index contributed by atoms with van der Waals surface area (Å²) in [6.07, 6.45) is -6.29. The lowest BCUT2D eigenvalue weighted by molar-refractivity contribution is -0.362. The van der Waals surface area contributed by atoms with Crippen LogP contribution in [0.15, 0.2) is 24.3 Å². The summed E-state index contributed by atoms with van der Waals surface area (Å²) >= 11 is 0. The van der Waals surface area contributed by atoms with Gasteiger partial charge in [0.25, 0.3) is 0 Å². The highest BCUT2D eigenvalue weighted by Gasteiger charge is 2.57. The van der Waals surface area contributed by atoms with Crippen LogP contribution in [0.3, 0.4) is 0 Å². The molecule has 2 aromatic carbocycles. The first-order chi connectivity index (χ1) is 23.2. The zero-order valence-electron chi connectivity index (χ0n) is 29.8. The highest BCUT2D eigenvalue weighted by atomic mass is 28.4. The molecule has 12 nitrogen and oxygen atoms in total. The third-order valence-electron chi connectivity index (χ3n) is 11.4. The van der Waals surface area contributed by atoms with E-state index in [2.05, 4.69) is 33.9 Å². The van der Waals surface area contributed by atoms with Crippen molar-refractivity contribution in [2.45, 2.75) is 108 Å². The maximum Gasteiger partial charge on any atom is 0.231 e. The number of aliphatic hydroxyl groups excluding tert-OH is 2. The number of hydrogen-bond acceptors (Lipinski definition) is 12. The number of ether oxygens (including phenoxy) is 9. The van der Waals surface area contributed by atoms with E-state index in [0.717, 1.165) is 22.3 Å². The Morgan fingerprint density at radius 3 is 2.16 bits per heavy atom. The molecular weight excluding hydrogens is 652 g/mol. The number of methoxy groups -OCH3 is 2. The van der Waals surface area contributed by atoms with Crippen molar-refractivity contribution in [1.29, 1.82) is 0 Å². The topological polar surface area (TPSA) is 133 Å². The molecule has 4 aliphatic heterocycles. The molecule has 7 unspecified atom stereocenters. The first kappa shape index (κ1) is 35.0. The summed E-state index contributed by atoms with van der Waals surface area (Å²) in [6.45, 7) is 15.1. The molecule has 3 fully saturated rings. The molecule has 49 heavy (non-hydrogen) atoms. The number of hydrogen-bond donors (Lipinski definition) is 2. The van der Waals surface area contributed by atoms with Gasteiger partial charge in [-0.05, 0) is 72.9 Å². The van der Waals surface area contributed by atoms with E-state index in [1.54, 1.807) is 21.1 Å². The fourth-order valence-electron chi connectivity index (χ4n) is 7.72. The lowest BCUT2D eigenvalue weighted by Crippen LogP contribution is -2.66. The second-order valence-electron chi connectivity index (χ2n) is 15.3. The Kier molecular flexibility index (Phi) is 9.24. The van der Waals surface area contributed by atoms with Crippen LogP contribution in [0.25, 0.3) is 0 Å². The van der Waals surface area contributed by atoms with Gasteiger partial charge in [0, 0.05) is 23.3 Å². The Labute approximate surface area is 288 Å². The first-order valence-electron chi connectivity index (χ1n) is 17.1. The summed E-state index contributed by atoms with van der Waals surface area (Å²) in [6, 6.07) is 7.92. The molecule has 7 rings (SSSR count). The zero-order chi connectivity index (χ0) is 35.0. The molecule has 11 atom stereocenters. The Morgan fingerprint density at radius 2 is 1.53 bits per heavy atom. The normalized spacial score (nSPS) is 35.4. The van der Waals surface area contributed by atoms with E-state index in [4.69, 9.17) is 47.1 Å². The molecule has 1 aliphatic carbocycles. The third kappa shape index (κ3) is 6.04. The Hall–Kier alpha value is -2.46. The van der Waals surface area contributed by atoms with Gasteiger partial charge >= 0.3 is 0 Å². The van der Waals surface area contributed by atoms with Crippen molar-refractivity contribution >= 4 is 8.32 Å². The van der Waals surface area contributed by atoms with E-state index >= 15 is 0 Å². The maximum atomic E-state index is 11.9. The summed E-state index contributed by atoms with van der Waals surface area (Å²) in [4.78, 5) is 0. The fourth-order valence-corrected chi connectivity index (χ4v) is 9.00. The van der Waals surface area contributed by atoms with Gasteiger partial charge in [-0.15, -0.1) is 0 Å². The van der Waals surface area contributed by atoms with Gasteiger partial charge in [-0.25, -0.2) is 0 Å². The summed E-state index contributed by atoms with van der Waals surface area (Å²) in [5.41, 5.74) is 3.51. The van der Waals surface area contributed by atoms with Gasteiger partial charge in [0.1, 0.15) is 35.9 Å². The standard InChI is InChI=1S/C36H50O12Si/c1-17-23(39-6)10-19(11-24(17)40-7)28-20-12-25-26(44-16-43-25)13-21(20)31(22-14-42-34(38)29(22)28)47-35-33(48-49(8,9)36(3,4)5)30(37)32-27(46-35)15-41-18(2)45-32/h10-13,18,22,27-35,37-38H,14-16H2,1-9H3/t18?,22-,27?,28+,29-,30?,31+,32?,33?,34?,35?/m0/s1. The predicted octanol–water partition coefficient (Wildman–Crippen LogP) is 4.76. The molecule has 0 saturated carbocycles. The molecule has 4 heterocycles. The van der Waals surface area contributed by atoms with Gasteiger partial charge in [-0.2, -0.15) is 0 Å². The van der Waals surface area contributed by atoms with E-state index in [0.29, 0.717) is 23.0 Å². The summed E-state index contributed by atoms with van der Waals surface area (Å²) in [7, 11) is 0.816. The average Bonchev–Trinajstić information content (AvgIpc) is 3.68. The molecule has 5 aliphatic rings. The molecule has 0 radical (unpaired) electrons. The van der Waals surface area contributed by atoms with E-state index in [9.17, 15) is 10.2 Å².